The van der Waals surface area contributed by atoms with Crippen LogP contribution in [0.5, 0.6) is 0 Å². The molecular weight excluding hydrogens is 520 g/mol. The number of aromatic nitrogens is 2. The van der Waals surface area contributed by atoms with E-state index in [0.29, 0.717) is 26.2 Å². The van der Waals surface area contributed by atoms with Gasteiger partial charge >= 0.3 is 11.7 Å². The van der Waals surface area contributed by atoms with Gasteiger partial charge in [0.2, 0.25) is 5.91 Å². The Hall–Kier alpha value is -2.99. The minimum atomic E-state index is -0.941. The highest BCUT2D eigenvalue weighted by atomic mass is 35.5. The van der Waals surface area contributed by atoms with Gasteiger partial charge < -0.3 is 25.8 Å². The predicted molar refractivity (Wildman–Crippen MR) is 153 cm³/mol. The highest BCUT2D eigenvalue weighted by molar-refractivity contribution is 5.89. The van der Waals surface area contributed by atoms with Gasteiger partial charge in [-0.15, -0.1) is 12.4 Å². The lowest BCUT2D eigenvalue weighted by molar-refractivity contribution is -0.137. The molecule has 3 aliphatic heterocycles. The zero-order chi connectivity index (χ0) is 26.9. The van der Waals surface area contributed by atoms with Crippen molar-refractivity contribution < 1.29 is 9.59 Å². The van der Waals surface area contributed by atoms with Gasteiger partial charge in [0.15, 0.2) is 0 Å². The fourth-order valence-electron chi connectivity index (χ4n) is 5.62. The lowest BCUT2D eigenvalue weighted by Crippen LogP contribution is -2.58. The van der Waals surface area contributed by atoms with E-state index in [0.717, 1.165) is 43.6 Å². The molecule has 3 aliphatic rings. The minimum absolute atomic E-state index is 0. The SMILES string of the molecule is CC(C)(N)C(=O)N1CCN(C(=O)Nc2ccn(-c3ccc(CCN4C[C@H]5CNC[C@H]5C4)cc3)c(=O)n2)CC1.Cl. The number of halogens is 1. The molecule has 2 atom stereocenters. The average Bonchev–Trinajstić information content (AvgIpc) is 3.49. The fraction of sp³-hybridized carbons (Fsp3) is 0.556. The van der Waals surface area contributed by atoms with Gasteiger partial charge in [0.05, 0.1) is 11.2 Å². The summed E-state index contributed by atoms with van der Waals surface area (Å²) in [6.07, 6.45) is 2.61. The van der Waals surface area contributed by atoms with E-state index in [1.54, 1.807) is 35.9 Å². The molecule has 39 heavy (non-hydrogen) atoms. The van der Waals surface area contributed by atoms with Crippen molar-refractivity contribution in [3.63, 3.8) is 0 Å². The summed E-state index contributed by atoms with van der Waals surface area (Å²) in [7, 11) is 0. The van der Waals surface area contributed by atoms with E-state index < -0.39 is 11.2 Å². The Bertz CT molecular complexity index is 1210. The molecule has 3 saturated heterocycles. The molecule has 2 aromatic rings. The smallest absolute Gasteiger partial charge is 0.338 e. The van der Waals surface area contributed by atoms with E-state index in [1.165, 1.54) is 23.2 Å². The second kappa shape index (κ2) is 12.0. The van der Waals surface area contributed by atoms with E-state index in [1.807, 2.05) is 12.1 Å². The normalized spacial score (nSPS) is 21.4. The van der Waals surface area contributed by atoms with Crippen LogP contribution in [0.1, 0.15) is 19.4 Å². The van der Waals surface area contributed by atoms with Gasteiger partial charge in [0, 0.05) is 52.0 Å². The van der Waals surface area contributed by atoms with Crippen LogP contribution in [-0.2, 0) is 11.2 Å². The van der Waals surface area contributed by atoms with Crippen molar-refractivity contribution in [2.45, 2.75) is 25.8 Å². The number of nitrogens with zero attached hydrogens (tertiary/aromatic N) is 5. The van der Waals surface area contributed by atoms with Crippen molar-refractivity contribution in [2.24, 2.45) is 17.6 Å². The van der Waals surface area contributed by atoms with Crippen LogP contribution in [0.15, 0.2) is 41.3 Å². The molecular formula is C27H39ClN8O3. The summed E-state index contributed by atoms with van der Waals surface area (Å²) in [5, 5.41) is 6.18. The minimum Gasteiger partial charge on any atom is -0.338 e. The molecule has 0 saturated carbocycles. The molecule has 5 rings (SSSR count). The average molecular weight is 559 g/mol. The summed E-state index contributed by atoms with van der Waals surface area (Å²) >= 11 is 0. The molecule has 3 amide bonds. The monoisotopic (exact) mass is 558 g/mol. The molecule has 0 aliphatic carbocycles. The second-order valence-corrected chi connectivity index (χ2v) is 11.3. The van der Waals surface area contributed by atoms with Crippen molar-refractivity contribution in [3.8, 4) is 5.69 Å². The molecule has 4 N–H and O–H groups in total. The van der Waals surface area contributed by atoms with Crippen LogP contribution in [0.25, 0.3) is 5.69 Å². The van der Waals surface area contributed by atoms with Crippen LogP contribution in [0.4, 0.5) is 10.6 Å². The standard InChI is InChI=1S/C27H38N8O3.ClH/c1-27(2,28)24(36)33-11-13-34(14-12-33)25(37)30-23-8-10-35(26(38)31-23)22-5-3-19(4-6-22)7-9-32-17-20-15-29-16-21(20)18-32;/h3-6,8,10,20-21,29H,7,9,11-18,28H2,1-2H3,(H,30,31,37,38);1H/t20-,21+;. The van der Waals surface area contributed by atoms with Gasteiger partial charge in [-0.05, 0) is 69.0 Å². The van der Waals surface area contributed by atoms with Gasteiger partial charge in [-0.3, -0.25) is 14.7 Å². The molecule has 12 heteroatoms. The van der Waals surface area contributed by atoms with E-state index in [-0.39, 0.29) is 30.2 Å². The number of nitrogens with one attached hydrogen (secondary N) is 2. The maximum Gasteiger partial charge on any atom is 0.354 e. The Labute approximate surface area is 235 Å². The number of rotatable bonds is 6. The van der Waals surface area contributed by atoms with E-state index in [2.05, 4.69) is 32.7 Å². The van der Waals surface area contributed by atoms with Gasteiger partial charge in [-0.2, -0.15) is 4.98 Å². The first-order valence-corrected chi connectivity index (χ1v) is 13.4. The number of hydrogen-bond donors (Lipinski definition) is 3. The van der Waals surface area contributed by atoms with Gasteiger partial charge in [0.25, 0.3) is 0 Å². The molecule has 4 heterocycles. The van der Waals surface area contributed by atoms with Crippen molar-refractivity contribution in [1.82, 2.24) is 29.6 Å². The number of anilines is 1. The molecule has 11 nitrogen and oxygen atoms in total. The summed E-state index contributed by atoms with van der Waals surface area (Å²) in [5.41, 5.74) is 6.47. The third-order valence-corrected chi connectivity index (χ3v) is 7.84. The Morgan fingerprint density at radius 1 is 1.03 bits per heavy atom. The number of nitrogens with two attached hydrogens (primary N) is 1. The number of urea groups is 1. The number of piperazine rings is 1. The van der Waals surface area contributed by atoms with Gasteiger partial charge in [0.1, 0.15) is 5.82 Å². The molecule has 0 bridgehead atoms. The number of fused-ring (bicyclic) bond motifs is 1. The molecule has 1 aromatic heterocycles. The Balaban J connectivity index is 0.00000353. The lowest BCUT2D eigenvalue weighted by atomic mass is 10.0. The highest BCUT2D eigenvalue weighted by Gasteiger charge is 2.35. The van der Waals surface area contributed by atoms with Crippen LogP contribution in [-0.4, -0.2) is 101 Å². The Kier molecular flexibility index (Phi) is 8.95. The van der Waals surface area contributed by atoms with Crippen molar-refractivity contribution >= 4 is 30.2 Å². The topological polar surface area (TPSA) is 129 Å². The van der Waals surface area contributed by atoms with E-state index in [4.69, 9.17) is 5.73 Å². The molecule has 0 spiro atoms. The zero-order valence-corrected chi connectivity index (χ0v) is 23.5. The van der Waals surface area contributed by atoms with Gasteiger partial charge in [-0.1, -0.05) is 12.1 Å². The van der Waals surface area contributed by atoms with Crippen LogP contribution in [0.2, 0.25) is 0 Å². The molecule has 212 valence electrons. The van der Waals surface area contributed by atoms with E-state index in [9.17, 15) is 14.4 Å². The number of hydrogen-bond acceptors (Lipinski definition) is 7. The third-order valence-electron chi connectivity index (χ3n) is 7.84. The summed E-state index contributed by atoms with van der Waals surface area (Å²) in [6.45, 7) is 10.6. The summed E-state index contributed by atoms with van der Waals surface area (Å²) in [4.78, 5) is 47.6. The molecule has 0 unspecified atom stereocenters. The maximum absolute atomic E-state index is 12.7. The number of carbonyl (C=O) groups excluding carboxylic acids is 2. The molecule has 1 aromatic carbocycles. The Morgan fingerprint density at radius 3 is 2.23 bits per heavy atom. The number of amides is 3. The first kappa shape index (κ1) is 29.0. The van der Waals surface area contributed by atoms with Crippen LogP contribution >= 0.6 is 12.4 Å². The Morgan fingerprint density at radius 2 is 1.64 bits per heavy atom. The first-order chi connectivity index (χ1) is 18.2. The second-order valence-electron chi connectivity index (χ2n) is 11.3. The largest absolute Gasteiger partial charge is 0.354 e. The maximum atomic E-state index is 12.7. The van der Waals surface area contributed by atoms with Crippen LogP contribution in [0.3, 0.4) is 0 Å². The molecule has 3 fully saturated rings. The zero-order valence-electron chi connectivity index (χ0n) is 22.6. The quantitative estimate of drug-likeness (QED) is 0.477. The van der Waals surface area contributed by atoms with Crippen LogP contribution in [0, 0.1) is 11.8 Å². The van der Waals surface area contributed by atoms with Crippen molar-refractivity contribution in [3.05, 3.63) is 52.6 Å². The van der Waals surface area contributed by atoms with Crippen molar-refractivity contribution in [1.29, 1.82) is 0 Å². The number of likely N-dealkylation sites (tertiary alicyclic amines) is 1. The third kappa shape index (κ3) is 6.78. The number of benzene rings is 1. The number of carbonyl (C=O) groups is 2. The summed E-state index contributed by atoms with van der Waals surface area (Å²) in [5.74, 6) is 1.66. The molecule has 0 radical (unpaired) electrons. The van der Waals surface area contributed by atoms with Crippen molar-refractivity contribution in [2.75, 3.05) is 64.2 Å². The van der Waals surface area contributed by atoms with Crippen LogP contribution < -0.4 is 22.1 Å². The highest BCUT2D eigenvalue weighted by Crippen LogP contribution is 2.26. The predicted octanol–water partition coefficient (Wildman–Crippen LogP) is 0.761. The lowest BCUT2D eigenvalue weighted by Gasteiger charge is -2.37. The first-order valence-electron chi connectivity index (χ1n) is 13.4. The summed E-state index contributed by atoms with van der Waals surface area (Å²) in [6, 6.07) is 9.25. The fourth-order valence-corrected chi connectivity index (χ4v) is 5.62. The summed E-state index contributed by atoms with van der Waals surface area (Å²) < 4.78 is 1.47. The van der Waals surface area contributed by atoms with E-state index >= 15 is 0 Å². The van der Waals surface area contributed by atoms with Gasteiger partial charge in [-0.25, -0.2) is 9.59 Å².